The Labute approximate surface area is 91.0 Å². The lowest BCUT2D eigenvalue weighted by Crippen LogP contribution is -2.52. The second kappa shape index (κ2) is 3.38. The van der Waals surface area contributed by atoms with E-state index in [1.165, 1.54) is 37.0 Å². The first-order valence-corrected chi connectivity index (χ1v) is 6.15. The molecule has 2 heteroatoms. The molecule has 2 unspecified atom stereocenters. The minimum absolute atomic E-state index is 0.235. The van der Waals surface area contributed by atoms with E-state index in [4.69, 9.17) is 4.42 Å². The van der Waals surface area contributed by atoms with Crippen molar-refractivity contribution in [2.75, 3.05) is 6.54 Å². The van der Waals surface area contributed by atoms with Gasteiger partial charge in [0.1, 0.15) is 5.76 Å². The van der Waals surface area contributed by atoms with Crippen LogP contribution in [0.3, 0.4) is 0 Å². The topological polar surface area (TPSA) is 25.2 Å². The molecule has 2 nitrogen and oxygen atoms in total. The lowest BCUT2D eigenvalue weighted by atomic mass is 9.68. The third-order valence-corrected chi connectivity index (χ3v) is 4.32. The number of nitrogens with one attached hydrogen (secondary N) is 1. The molecule has 1 fully saturated rings. The van der Waals surface area contributed by atoms with E-state index < -0.39 is 0 Å². The number of furan rings is 1. The molecule has 1 aromatic heterocycles. The van der Waals surface area contributed by atoms with Crippen molar-refractivity contribution in [2.45, 2.75) is 44.6 Å². The van der Waals surface area contributed by atoms with E-state index in [-0.39, 0.29) is 5.54 Å². The largest absolute Gasteiger partial charge is 0.469 e. The molecule has 1 N–H and O–H groups in total. The average molecular weight is 205 g/mol. The summed E-state index contributed by atoms with van der Waals surface area (Å²) in [6, 6.07) is 2.18. The molecule has 2 aliphatic rings. The summed E-state index contributed by atoms with van der Waals surface area (Å²) in [5, 5.41) is 3.77. The zero-order valence-corrected chi connectivity index (χ0v) is 9.38. The highest BCUT2D eigenvalue weighted by Crippen LogP contribution is 2.44. The van der Waals surface area contributed by atoms with Gasteiger partial charge in [-0.3, -0.25) is 0 Å². The Balaban J connectivity index is 2.05. The summed E-state index contributed by atoms with van der Waals surface area (Å²) in [7, 11) is 0. The summed E-state index contributed by atoms with van der Waals surface area (Å²) in [5.74, 6) is 1.96. The first kappa shape index (κ1) is 9.46. The Bertz CT molecular complexity index is 357. The minimum atomic E-state index is 0.235. The number of hydrogen-bond acceptors (Lipinski definition) is 2. The lowest BCUT2D eigenvalue weighted by molar-refractivity contribution is 0.141. The molecule has 0 bridgehead atoms. The first-order chi connectivity index (χ1) is 7.33. The monoisotopic (exact) mass is 205 g/mol. The van der Waals surface area contributed by atoms with E-state index in [2.05, 4.69) is 18.3 Å². The SMILES string of the molecule is CC1CCCCC12NCCc1occc12. The van der Waals surface area contributed by atoms with Gasteiger partial charge < -0.3 is 9.73 Å². The highest BCUT2D eigenvalue weighted by molar-refractivity contribution is 5.31. The fourth-order valence-corrected chi connectivity index (χ4v) is 3.44. The average Bonchev–Trinajstić information content (AvgIpc) is 2.72. The second-order valence-electron chi connectivity index (χ2n) is 5.05. The molecule has 82 valence electrons. The summed E-state index contributed by atoms with van der Waals surface area (Å²) in [4.78, 5) is 0. The van der Waals surface area contributed by atoms with Gasteiger partial charge in [0.05, 0.1) is 6.26 Å². The maximum atomic E-state index is 5.59. The van der Waals surface area contributed by atoms with Crippen LogP contribution in [0.5, 0.6) is 0 Å². The third-order valence-electron chi connectivity index (χ3n) is 4.32. The molecule has 0 radical (unpaired) electrons. The van der Waals surface area contributed by atoms with Crippen LogP contribution < -0.4 is 5.32 Å². The van der Waals surface area contributed by atoms with Gasteiger partial charge >= 0.3 is 0 Å². The normalized spacial score (nSPS) is 35.4. The van der Waals surface area contributed by atoms with Crippen molar-refractivity contribution in [1.29, 1.82) is 0 Å². The number of fused-ring (bicyclic) bond motifs is 2. The van der Waals surface area contributed by atoms with Crippen molar-refractivity contribution in [3.8, 4) is 0 Å². The van der Waals surface area contributed by atoms with E-state index in [9.17, 15) is 0 Å². The maximum absolute atomic E-state index is 5.59. The molecule has 1 saturated carbocycles. The minimum Gasteiger partial charge on any atom is -0.469 e. The number of hydrogen-bond donors (Lipinski definition) is 1. The molecule has 2 atom stereocenters. The van der Waals surface area contributed by atoms with Crippen LogP contribution in [0.1, 0.15) is 43.9 Å². The summed E-state index contributed by atoms with van der Waals surface area (Å²) < 4.78 is 5.59. The fourth-order valence-electron chi connectivity index (χ4n) is 3.44. The highest BCUT2D eigenvalue weighted by Gasteiger charge is 2.43. The molecular weight excluding hydrogens is 186 g/mol. The predicted molar refractivity (Wildman–Crippen MR) is 59.7 cm³/mol. The Hall–Kier alpha value is -0.760. The molecule has 2 heterocycles. The summed E-state index contributed by atoms with van der Waals surface area (Å²) in [6.45, 7) is 3.46. The second-order valence-corrected chi connectivity index (χ2v) is 5.05. The van der Waals surface area contributed by atoms with Crippen LogP contribution in [-0.2, 0) is 12.0 Å². The van der Waals surface area contributed by atoms with Gasteiger partial charge in [0.2, 0.25) is 0 Å². The van der Waals surface area contributed by atoms with Crippen molar-refractivity contribution in [3.63, 3.8) is 0 Å². The summed E-state index contributed by atoms with van der Waals surface area (Å²) in [5.41, 5.74) is 1.68. The van der Waals surface area contributed by atoms with Crippen LogP contribution in [0.15, 0.2) is 16.7 Å². The zero-order valence-electron chi connectivity index (χ0n) is 9.38. The van der Waals surface area contributed by atoms with E-state index >= 15 is 0 Å². The molecule has 3 rings (SSSR count). The standard InChI is InChI=1S/C13H19NO/c1-10-4-2-3-7-13(10)11-6-9-15-12(11)5-8-14-13/h6,9-10,14H,2-5,7-8H2,1H3. The van der Waals surface area contributed by atoms with Gasteiger partial charge in [0.15, 0.2) is 0 Å². The molecule has 0 saturated heterocycles. The van der Waals surface area contributed by atoms with E-state index in [1.54, 1.807) is 0 Å². The third kappa shape index (κ3) is 1.27. The molecule has 1 spiro atoms. The Morgan fingerprint density at radius 3 is 3.27 bits per heavy atom. The van der Waals surface area contributed by atoms with Crippen molar-refractivity contribution in [3.05, 3.63) is 23.7 Å². The van der Waals surface area contributed by atoms with Crippen LogP contribution in [0.4, 0.5) is 0 Å². The van der Waals surface area contributed by atoms with Gasteiger partial charge in [-0.2, -0.15) is 0 Å². The summed E-state index contributed by atoms with van der Waals surface area (Å²) >= 11 is 0. The van der Waals surface area contributed by atoms with Crippen LogP contribution >= 0.6 is 0 Å². The van der Waals surface area contributed by atoms with Gasteiger partial charge in [-0.25, -0.2) is 0 Å². The molecule has 0 amide bonds. The Morgan fingerprint density at radius 2 is 2.40 bits per heavy atom. The predicted octanol–water partition coefficient (Wildman–Crippen LogP) is 2.83. The van der Waals surface area contributed by atoms with Crippen molar-refractivity contribution >= 4 is 0 Å². The molecule has 1 aliphatic heterocycles. The van der Waals surface area contributed by atoms with Crippen LogP contribution in [0.2, 0.25) is 0 Å². The van der Waals surface area contributed by atoms with Crippen LogP contribution in [0, 0.1) is 5.92 Å². The van der Waals surface area contributed by atoms with Crippen molar-refractivity contribution < 1.29 is 4.42 Å². The van der Waals surface area contributed by atoms with Gasteiger partial charge in [0.25, 0.3) is 0 Å². The lowest BCUT2D eigenvalue weighted by Gasteiger charge is -2.45. The van der Waals surface area contributed by atoms with Crippen LogP contribution in [-0.4, -0.2) is 6.54 Å². The Morgan fingerprint density at radius 1 is 1.47 bits per heavy atom. The fraction of sp³-hybridized carbons (Fsp3) is 0.692. The van der Waals surface area contributed by atoms with E-state index in [1.807, 2.05) is 6.26 Å². The number of rotatable bonds is 0. The quantitative estimate of drug-likeness (QED) is 0.704. The molecule has 1 aromatic rings. The zero-order chi connectivity index (χ0) is 10.3. The van der Waals surface area contributed by atoms with E-state index in [0.717, 1.165) is 18.9 Å². The molecule has 1 aliphatic carbocycles. The van der Waals surface area contributed by atoms with Gasteiger partial charge in [0, 0.05) is 24.1 Å². The summed E-state index contributed by atoms with van der Waals surface area (Å²) in [6.07, 6.45) is 8.27. The highest BCUT2D eigenvalue weighted by atomic mass is 16.3. The molecule has 0 aromatic carbocycles. The van der Waals surface area contributed by atoms with Crippen molar-refractivity contribution in [2.24, 2.45) is 5.92 Å². The maximum Gasteiger partial charge on any atom is 0.110 e. The van der Waals surface area contributed by atoms with Crippen molar-refractivity contribution in [1.82, 2.24) is 5.32 Å². The smallest absolute Gasteiger partial charge is 0.110 e. The van der Waals surface area contributed by atoms with E-state index in [0.29, 0.717) is 0 Å². The van der Waals surface area contributed by atoms with Gasteiger partial charge in [-0.1, -0.05) is 19.8 Å². The first-order valence-electron chi connectivity index (χ1n) is 6.15. The van der Waals surface area contributed by atoms with Crippen LogP contribution in [0.25, 0.3) is 0 Å². The van der Waals surface area contributed by atoms with Gasteiger partial charge in [-0.15, -0.1) is 0 Å². The molecule has 15 heavy (non-hydrogen) atoms. The van der Waals surface area contributed by atoms with Gasteiger partial charge in [-0.05, 0) is 24.8 Å². The Kier molecular flexibility index (Phi) is 2.13. The molecular formula is C13H19NO.